The van der Waals surface area contributed by atoms with Crippen LogP contribution in [0, 0.1) is 5.92 Å². The van der Waals surface area contributed by atoms with Crippen LogP contribution in [0.15, 0.2) is 0 Å². The molecule has 0 radical (unpaired) electrons. The van der Waals surface area contributed by atoms with E-state index >= 15 is 0 Å². The van der Waals surface area contributed by atoms with Gasteiger partial charge in [-0.1, -0.05) is 15.9 Å². The fourth-order valence-corrected chi connectivity index (χ4v) is 2.33. The van der Waals surface area contributed by atoms with Crippen LogP contribution >= 0.6 is 15.9 Å². The van der Waals surface area contributed by atoms with E-state index in [1.165, 1.54) is 0 Å². The molecule has 1 aliphatic rings. The summed E-state index contributed by atoms with van der Waals surface area (Å²) in [5.74, 6) is 0.0783. The van der Waals surface area contributed by atoms with Gasteiger partial charge < -0.3 is 9.64 Å². The van der Waals surface area contributed by atoms with Crippen LogP contribution in [-0.2, 0) is 9.53 Å². The van der Waals surface area contributed by atoms with Crippen molar-refractivity contribution >= 4 is 21.9 Å². The quantitative estimate of drug-likeness (QED) is 0.571. The molecule has 1 atom stereocenters. The van der Waals surface area contributed by atoms with Gasteiger partial charge in [0.2, 0.25) is 0 Å². The number of esters is 1. The van der Waals surface area contributed by atoms with Gasteiger partial charge in [0.25, 0.3) is 0 Å². The second kappa shape index (κ2) is 6.40. The lowest BCUT2D eigenvalue weighted by molar-refractivity contribution is -0.149. The summed E-state index contributed by atoms with van der Waals surface area (Å²) in [6, 6.07) is 0. The maximum atomic E-state index is 11.5. The van der Waals surface area contributed by atoms with E-state index in [0.29, 0.717) is 6.61 Å². The molecule has 1 heterocycles. The van der Waals surface area contributed by atoms with Gasteiger partial charge in [0.05, 0.1) is 12.5 Å². The number of nitrogens with zero attached hydrogens (tertiary/aromatic N) is 1. The van der Waals surface area contributed by atoms with Gasteiger partial charge in [0.1, 0.15) is 0 Å². The summed E-state index contributed by atoms with van der Waals surface area (Å²) in [5.41, 5.74) is 0. The number of hydrogen-bond donors (Lipinski definition) is 0. The highest BCUT2D eigenvalue weighted by Crippen LogP contribution is 2.17. The molecule has 0 aromatic rings. The van der Waals surface area contributed by atoms with Gasteiger partial charge in [-0.05, 0) is 26.3 Å². The number of rotatable bonds is 4. The Hall–Kier alpha value is -0.0900. The number of halogens is 1. The van der Waals surface area contributed by atoms with E-state index in [4.69, 9.17) is 4.74 Å². The summed E-state index contributed by atoms with van der Waals surface area (Å²) < 4.78 is 5.03. The number of piperidine rings is 1. The third-order valence-electron chi connectivity index (χ3n) is 2.53. The zero-order valence-corrected chi connectivity index (χ0v) is 10.3. The molecule has 3 nitrogen and oxygen atoms in total. The Morgan fingerprint density at radius 3 is 3.07 bits per heavy atom. The molecule has 0 N–H and O–H groups in total. The summed E-state index contributed by atoms with van der Waals surface area (Å²) >= 11 is 3.41. The maximum Gasteiger partial charge on any atom is 0.310 e. The first-order valence-electron chi connectivity index (χ1n) is 5.23. The van der Waals surface area contributed by atoms with Crippen molar-refractivity contribution in [2.75, 3.05) is 31.6 Å². The monoisotopic (exact) mass is 263 g/mol. The highest BCUT2D eigenvalue weighted by atomic mass is 79.9. The van der Waals surface area contributed by atoms with Crippen LogP contribution in [0.4, 0.5) is 0 Å². The Balaban J connectivity index is 2.35. The topological polar surface area (TPSA) is 29.5 Å². The fourth-order valence-electron chi connectivity index (χ4n) is 1.83. The molecule has 0 aromatic carbocycles. The van der Waals surface area contributed by atoms with Crippen LogP contribution in [-0.4, -0.2) is 42.4 Å². The van der Waals surface area contributed by atoms with Gasteiger partial charge in [-0.15, -0.1) is 0 Å². The van der Waals surface area contributed by atoms with Gasteiger partial charge in [-0.25, -0.2) is 0 Å². The van der Waals surface area contributed by atoms with E-state index in [0.717, 1.165) is 37.8 Å². The van der Waals surface area contributed by atoms with Crippen molar-refractivity contribution in [2.45, 2.75) is 19.8 Å². The molecule has 1 aliphatic heterocycles. The van der Waals surface area contributed by atoms with Crippen LogP contribution in [0.1, 0.15) is 19.8 Å². The Kier molecular flexibility index (Phi) is 5.48. The molecule has 0 aliphatic carbocycles. The molecule has 0 aromatic heterocycles. The molecular formula is C10H18BrNO2. The van der Waals surface area contributed by atoms with Crippen LogP contribution < -0.4 is 0 Å². The molecule has 1 fully saturated rings. The summed E-state index contributed by atoms with van der Waals surface area (Å²) in [5, 5.41) is 0.975. The van der Waals surface area contributed by atoms with Crippen LogP contribution in [0.5, 0.6) is 0 Å². The highest BCUT2D eigenvalue weighted by Gasteiger charge is 2.26. The van der Waals surface area contributed by atoms with Gasteiger partial charge in [-0.3, -0.25) is 4.79 Å². The van der Waals surface area contributed by atoms with Crippen molar-refractivity contribution in [3.05, 3.63) is 0 Å². The minimum Gasteiger partial charge on any atom is -0.466 e. The highest BCUT2D eigenvalue weighted by molar-refractivity contribution is 9.09. The zero-order valence-electron chi connectivity index (χ0n) is 8.67. The minimum atomic E-state index is -0.0215. The summed E-state index contributed by atoms with van der Waals surface area (Å²) in [6.07, 6.45) is 2.09. The fraction of sp³-hybridized carbons (Fsp3) is 0.900. The molecule has 14 heavy (non-hydrogen) atoms. The standard InChI is InChI=1S/C10H18BrNO2/c1-2-14-10(13)9-4-3-6-12(8-9)7-5-11/h9H,2-8H2,1H3. The van der Waals surface area contributed by atoms with Crippen LogP contribution in [0.25, 0.3) is 0 Å². The predicted molar refractivity (Wildman–Crippen MR) is 59.6 cm³/mol. The molecular weight excluding hydrogens is 246 g/mol. The number of carbonyl (C=O) groups excluding carboxylic acids is 1. The minimum absolute atomic E-state index is 0.0215. The van der Waals surface area contributed by atoms with Gasteiger partial charge in [0.15, 0.2) is 0 Å². The van der Waals surface area contributed by atoms with Crippen molar-refractivity contribution in [1.82, 2.24) is 4.90 Å². The van der Waals surface area contributed by atoms with E-state index in [2.05, 4.69) is 20.8 Å². The largest absolute Gasteiger partial charge is 0.466 e. The molecule has 1 unspecified atom stereocenters. The van der Waals surface area contributed by atoms with Gasteiger partial charge >= 0.3 is 5.97 Å². The van der Waals surface area contributed by atoms with E-state index in [-0.39, 0.29) is 11.9 Å². The van der Waals surface area contributed by atoms with E-state index in [1.54, 1.807) is 0 Å². The summed E-state index contributed by atoms with van der Waals surface area (Å²) in [6.45, 7) is 5.35. The number of alkyl halides is 1. The molecule has 1 rings (SSSR count). The Morgan fingerprint density at radius 2 is 2.43 bits per heavy atom. The lowest BCUT2D eigenvalue weighted by atomic mass is 9.98. The van der Waals surface area contributed by atoms with Crippen molar-refractivity contribution in [1.29, 1.82) is 0 Å². The molecule has 0 bridgehead atoms. The Labute approximate surface area is 93.9 Å². The van der Waals surface area contributed by atoms with Gasteiger partial charge in [0, 0.05) is 18.4 Å². The molecule has 1 saturated heterocycles. The van der Waals surface area contributed by atoms with Crippen molar-refractivity contribution in [2.24, 2.45) is 5.92 Å². The first kappa shape index (κ1) is 12.0. The number of carbonyl (C=O) groups is 1. The van der Waals surface area contributed by atoms with E-state index in [9.17, 15) is 4.79 Å². The first-order valence-corrected chi connectivity index (χ1v) is 6.35. The summed E-state index contributed by atoms with van der Waals surface area (Å²) in [7, 11) is 0. The first-order chi connectivity index (χ1) is 6.77. The maximum absolute atomic E-state index is 11.5. The molecule has 0 spiro atoms. The van der Waals surface area contributed by atoms with Crippen LogP contribution in [0.3, 0.4) is 0 Å². The number of likely N-dealkylation sites (tertiary alicyclic amines) is 1. The third kappa shape index (κ3) is 3.58. The second-order valence-electron chi connectivity index (χ2n) is 3.58. The predicted octanol–water partition coefficient (Wildman–Crippen LogP) is 1.66. The summed E-state index contributed by atoms with van der Waals surface area (Å²) in [4.78, 5) is 13.8. The average molecular weight is 264 g/mol. The van der Waals surface area contributed by atoms with Gasteiger partial charge in [-0.2, -0.15) is 0 Å². The van der Waals surface area contributed by atoms with Crippen LogP contribution in [0.2, 0.25) is 0 Å². The second-order valence-corrected chi connectivity index (χ2v) is 4.37. The van der Waals surface area contributed by atoms with Crippen molar-refractivity contribution in [3.63, 3.8) is 0 Å². The molecule has 82 valence electrons. The number of hydrogen-bond acceptors (Lipinski definition) is 3. The lowest BCUT2D eigenvalue weighted by Crippen LogP contribution is -2.40. The molecule has 4 heteroatoms. The Bertz CT molecular complexity index is 185. The number of ether oxygens (including phenoxy) is 1. The van der Waals surface area contributed by atoms with Crippen molar-refractivity contribution < 1.29 is 9.53 Å². The van der Waals surface area contributed by atoms with E-state index in [1.807, 2.05) is 6.92 Å². The molecule has 0 amide bonds. The normalized spacial score (nSPS) is 23.4. The average Bonchev–Trinajstić information content (AvgIpc) is 2.19. The zero-order chi connectivity index (χ0) is 10.4. The van der Waals surface area contributed by atoms with Crippen molar-refractivity contribution in [3.8, 4) is 0 Å². The molecule has 0 saturated carbocycles. The lowest BCUT2D eigenvalue weighted by Gasteiger charge is -2.30. The third-order valence-corrected chi connectivity index (χ3v) is 2.88. The Morgan fingerprint density at radius 1 is 1.64 bits per heavy atom. The smallest absolute Gasteiger partial charge is 0.310 e. The van der Waals surface area contributed by atoms with E-state index < -0.39 is 0 Å². The SMILES string of the molecule is CCOC(=O)C1CCCN(CCBr)C1.